The van der Waals surface area contributed by atoms with Crippen molar-refractivity contribution in [2.45, 2.75) is 19.4 Å². The summed E-state index contributed by atoms with van der Waals surface area (Å²) in [6.45, 7) is 8.37. The van der Waals surface area contributed by atoms with Gasteiger partial charge in [0.25, 0.3) is 0 Å². The van der Waals surface area contributed by atoms with Crippen molar-refractivity contribution in [3.05, 3.63) is 48.7 Å². The van der Waals surface area contributed by atoms with Crippen molar-refractivity contribution >= 4 is 16.6 Å². The summed E-state index contributed by atoms with van der Waals surface area (Å²) in [5.74, 6) is 0. The second kappa shape index (κ2) is 5.63. The van der Waals surface area contributed by atoms with Gasteiger partial charge in [-0.3, -0.25) is 4.98 Å². The van der Waals surface area contributed by atoms with Crippen LogP contribution in [0, 0.1) is 6.92 Å². The van der Waals surface area contributed by atoms with Gasteiger partial charge in [-0.2, -0.15) is 0 Å². The first kappa shape index (κ1) is 13.1. The van der Waals surface area contributed by atoms with Crippen LogP contribution >= 0.6 is 0 Å². The van der Waals surface area contributed by atoms with Crippen LogP contribution < -0.4 is 4.90 Å². The maximum Gasteiger partial charge on any atom is 0.0771 e. The maximum atomic E-state index is 5.77. The quantitative estimate of drug-likeness (QED) is 0.795. The molecule has 0 spiro atoms. The summed E-state index contributed by atoms with van der Waals surface area (Å²) < 4.78 is 5.77. The third-order valence-corrected chi connectivity index (χ3v) is 3.76. The number of anilines is 1. The number of ether oxygens (including phenoxy) is 1. The largest absolute Gasteiger partial charge is 0.372 e. The topological polar surface area (TPSA) is 25.4 Å². The van der Waals surface area contributed by atoms with E-state index in [1.807, 2.05) is 12.1 Å². The van der Waals surface area contributed by atoms with Crippen LogP contribution in [0.2, 0.25) is 0 Å². The minimum absolute atomic E-state index is 0.306. The molecule has 2 aromatic rings. The van der Waals surface area contributed by atoms with Crippen molar-refractivity contribution in [3.63, 3.8) is 0 Å². The molecule has 1 aliphatic heterocycles. The van der Waals surface area contributed by atoms with Crippen LogP contribution in [0.25, 0.3) is 10.9 Å². The Bertz CT molecular complexity index is 623. The number of para-hydroxylation sites is 1. The van der Waals surface area contributed by atoms with Gasteiger partial charge in [0.2, 0.25) is 0 Å². The Labute approximate surface area is 119 Å². The molecular formula is C17H20N2O. The summed E-state index contributed by atoms with van der Waals surface area (Å²) in [5.41, 5.74) is 3.41. The van der Waals surface area contributed by atoms with E-state index in [0.717, 1.165) is 30.7 Å². The van der Waals surface area contributed by atoms with Crippen molar-refractivity contribution in [2.24, 2.45) is 0 Å². The SMILES string of the molecule is C=CCOC1CCN(c2cc(C)nc3ccccc23)C1. The fourth-order valence-electron chi connectivity index (χ4n) is 2.83. The first-order valence-electron chi connectivity index (χ1n) is 7.12. The lowest BCUT2D eigenvalue weighted by Gasteiger charge is -2.21. The Hall–Kier alpha value is -1.87. The molecule has 1 saturated heterocycles. The molecule has 3 heteroatoms. The smallest absolute Gasteiger partial charge is 0.0771 e. The molecule has 20 heavy (non-hydrogen) atoms. The standard InChI is InChI=1S/C17H20N2O/c1-3-10-20-14-8-9-19(12-14)17-11-13(2)18-16-7-5-4-6-15(16)17/h3-7,11,14H,1,8-10,12H2,2H3. The Kier molecular flexibility index (Phi) is 3.70. The monoisotopic (exact) mass is 268 g/mol. The van der Waals surface area contributed by atoms with Crippen LogP contribution in [0.5, 0.6) is 0 Å². The molecule has 0 amide bonds. The van der Waals surface area contributed by atoms with Gasteiger partial charge in [-0.05, 0) is 25.5 Å². The van der Waals surface area contributed by atoms with E-state index in [4.69, 9.17) is 4.74 Å². The number of benzene rings is 1. The molecule has 0 radical (unpaired) electrons. The Morgan fingerprint density at radius 2 is 2.30 bits per heavy atom. The molecule has 3 rings (SSSR count). The molecule has 1 aliphatic rings. The highest BCUT2D eigenvalue weighted by Crippen LogP contribution is 2.29. The highest BCUT2D eigenvalue weighted by atomic mass is 16.5. The van der Waals surface area contributed by atoms with Crippen LogP contribution in [0.4, 0.5) is 5.69 Å². The van der Waals surface area contributed by atoms with Gasteiger partial charge < -0.3 is 9.64 Å². The first-order valence-corrected chi connectivity index (χ1v) is 7.12. The zero-order valence-electron chi connectivity index (χ0n) is 11.9. The van der Waals surface area contributed by atoms with E-state index in [0.29, 0.717) is 12.7 Å². The number of nitrogens with zero attached hydrogens (tertiary/aromatic N) is 2. The van der Waals surface area contributed by atoms with E-state index in [2.05, 4.69) is 47.7 Å². The molecule has 1 aromatic heterocycles. The van der Waals surface area contributed by atoms with E-state index < -0.39 is 0 Å². The molecule has 2 heterocycles. The predicted molar refractivity (Wildman–Crippen MR) is 83.2 cm³/mol. The average molecular weight is 268 g/mol. The van der Waals surface area contributed by atoms with Crippen molar-refractivity contribution in [1.29, 1.82) is 0 Å². The van der Waals surface area contributed by atoms with E-state index in [1.54, 1.807) is 0 Å². The molecule has 0 bridgehead atoms. The highest BCUT2D eigenvalue weighted by molar-refractivity contribution is 5.92. The lowest BCUT2D eigenvalue weighted by atomic mass is 10.1. The molecule has 1 aromatic carbocycles. The summed E-state index contributed by atoms with van der Waals surface area (Å²) >= 11 is 0. The third kappa shape index (κ3) is 2.54. The van der Waals surface area contributed by atoms with Gasteiger partial charge in [0.05, 0.1) is 18.2 Å². The Morgan fingerprint density at radius 1 is 1.45 bits per heavy atom. The summed E-state index contributed by atoms with van der Waals surface area (Å²) in [6, 6.07) is 10.5. The summed E-state index contributed by atoms with van der Waals surface area (Å²) in [5, 5.41) is 1.22. The maximum absolute atomic E-state index is 5.77. The number of aryl methyl sites for hydroxylation is 1. The van der Waals surface area contributed by atoms with Gasteiger partial charge in [0.1, 0.15) is 0 Å². The number of fused-ring (bicyclic) bond motifs is 1. The number of aromatic nitrogens is 1. The van der Waals surface area contributed by atoms with Crippen LogP contribution in [0.3, 0.4) is 0 Å². The van der Waals surface area contributed by atoms with Gasteiger partial charge in [-0.15, -0.1) is 6.58 Å². The van der Waals surface area contributed by atoms with Crippen molar-refractivity contribution in [2.75, 3.05) is 24.6 Å². The fourth-order valence-corrected chi connectivity index (χ4v) is 2.83. The Balaban J connectivity index is 1.89. The third-order valence-electron chi connectivity index (χ3n) is 3.76. The van der Waals surface area contributed by atoms with Crippen LogP contribution in [0.1, 0.15) is 12.1 Å². The Morgan fingerprint density at radius 3 is 3.15 bits per heavy atom. The van der Waals surface area contributed by atoms with Gasteiger partial charge >= 0.3 is 0 Å². The minimum atomic E-state index is 0.306. The number of hydrogen-bond acceptors (Lipinski definition) is 3. The highest BCUT2D eigenvalue weighted by Gasteiger charge is 2.24. The zero-order valence-corrected chi connectivity index (χ0v) is 11.9. The average Bonchev–Trinajstić information content (AvgIpc) is 2.93. The lowest BCUT2D eigenvalue weighted by Crippen LogP contribution is -2.23. The first-order chi connectivity index (χ1) is 9.78. The molecule has 0 aliphatic carbocycles. The van der Waals surface area contributed by atoms with Crippen LogP contribution in [0.15, 0.2) is 43.0 Å². The van der Waals surface area contributed by atoms with E-state index >= 15 is 0 Å². The number of hydrogen-bond donors (Lipinski definition) is 0. The molecule has 1 fully saturated rings. The molecule has 3 nitrogen and oxygen atoms in total. The minimum Gasteiger partial charge on any atom is -0.372 e. The second-order valence-corrected chi connectivity index (χ2v) is 5.28. The summed E-state index contributed by atoms with van der Waals surface area (Å²) in [7, 11) is 0. The van der Waals surface area contributed by atoms with Crippen molar-refractivity contribution < 1.29 is 4.74 Å². The molecule has 1 unspecified atom stereocenters. The van der Waals surface area contributed by atoms with Crippen LogP contribution in [-0.4, -0.2) is 30.8 Å². The summed E-state index contributed by atoms with van der Waals surface area (Å²) in [6.07, 6.45) is 3.19. The van der Waals surface area contributed by atoms with E-state index in [1.165, 1.54) is 11.1 Å². The fraction of sp³-hybridized carbons (Fsp3) is 0.353. The van der Waals surface area contributed by atoms with Gasteiger partial charge in [-0.25, -0.2) is 0 Å². The normalized spacial score (nSPS) is 18.6. The predicted octanol–water partition coefficient (Wildman–Crippen LogP) is 3.32. The van der Waals surface area contributed by atoms with Gasteiger partial charge in [0.15, 0.2) is 0 Å². The molecular weight excluding hydrogens is 248 g/mol. The van der Waals surface area contributed by atoms with E-state index in [9.17, 15) is 0 Å². The van der Waals surface area contributed by atoms with E-state index in [-0.39, 0.29) is 0 Å². The molecule has 0 N–H and O–H groups in total. The van der Waals surface area contributed by atoms with Gasteiger partial charge in [0, 0.05) is 29.9 Å². The molecule has 1 atom stereocenters. The lowest BCUT2D eigenvalue weighted by molar-refractivity contribution is 0.0909. The van der Waals surface area contributed by atoms with Crippen molar-refractivity contribution in [1.82, 2.24) is 4.98 Å². The number of pyridine rings is 1. The van der Waals surface area contributed by atoms with Gasteiger partial charge in [-0.1, -0.05) is 24.3 Å². The molecule has 0 saturated carbocycles. The summed E-state index contributed by atoms with van der Waals surface area (Å²) in [4.78, 5) is 7.01. The molecule has 104 valence electrons. The van der Waals surface area contributed by atoms with Crippen molar-refractivity contribution in [3.8, 4) is 0 Å². The zero-order chi connectivity index (χ0) is 13.9. The second-order valence-electron chi connectivity index (χ2n) is 5.28. The van der Waals surface area contributed by atoms with Crippen LogP contribution in [-0.2, 0) is 4.74 Å². The number of rotatable bonds is 4.